The van der Waals surface area contributed by atoms with Gasteiger partial charge < -0.3 is 4.57 Å². The van der Waals surface area contributed by atoms with Crippen LogP contribution in [0.2, 0.25) is 5.02 Å². The SMILES string of the molecule is CCCn1c(NC(=O)c2ccc(F)cc2Cl)nc2ccccc21. The summed E-state index contributed by atoms with van der Waals surface area (Å²) < 4.78 is 15.1. The lowest BCUT2D eigenvalue weighted by Gasteiger charge is -2.09. The Morgan fingerprint density at radius 1 is 1.30 bits per heavy atom. The summed E-state index contributed by atoms with van der Waals surface area (Å²) in [7, 11) is 0. The predicted molar refractivity (Wildman–Crippen MR) is 89.4 cm³/mol. The van der Waals surface area contributed by atoms with Crippen molar-refractivity contribution in [3.8, 4) is 0 Å². The molecule has 0 bridgehead atoms. The third kappa shape index (κ3) is 3.05. The van der Waals surface area contributed by atoms with E-state index in [1.54, 1.807) is 0 Å². The summed E-state index contributed by atoms with van der Waals surface area (Å²) in [5, 5.41) is 2.84. The largest absolute Gasteiger partial charge is 0.310 e. The second-order valence-corrected chi connectivity index (χ2v) is 5.56. The van der Waals surface area contributed by atoms with E-state index in [9.17, 15) is 9.18 Å². The van der Waals surface area contributed by atoms with Crippen LogP contribution in [-0.2, 0) is 6.54 Å². The Bertz CT molecular complexity index is 875. The van der Waals surface area contributed by atoms with Gasteiger partial charge in [-0.15, -0.1) is 0 Å². The number of anilines is 1. The molecule has 4 nitrogen and oxygen atoms in total. The van der Waals surface area contributed by atoms with E-state index >= 15 is 0 Å². The zero-order chi connectivity index (χ0) is 16.4. The number of imidazole rings is 1. The molecule has 0 saturated heterocycles. The number of aromatic nitrogens is 2. The minimum atomic E-state index is -0.482. The molecule has 3 rings (SSSR count). The van der Waals surface area contributed by atoms with Crippen LogP contribution < -0.4 is 5.32 Å². The van der Waals surface area contributed by atoms with E-state index in [4.69, 9.17) is 11.6 Å². The number of carbonyl (C=O) groups is 1. The highest BCUT2D eigenvalue weighted by Crippen LogP contribution is 2.22. The Kier molecular flexibility index (Phi) is 4.30. The zero-order valence-corrected chi connectivity index (χ0v) is 13.3. The van der Waals surface area contributed by atoms with Crippen molar-refractivity contribution in [3.05, 3.63) is 58.9 Å². The average molecular weight is 332 g/mol. The molecule has 23 heavy (non-hydrogen) atoms. The molecule has 0 spiro atoms. The van der Waals surface area contributed by atoms with Crippen molar-refractivity contribution in [3.63, 3.8) is 0 Å². The summed E-state index contributed by atoms with van der Waals surface area (Å²) in [6.45, 7) is 2.78. The van der Waals surface area contributed by atoms with E-state index < -0.39 is 11.7 Å². The van der Waals surface area contributed by atoms with Gasteiger partial charge >= 0.3 is 0 Å². The summed E-state index contributed by atoms with van der Waals surface area (Å²) >= 11 is 5.94. The number of benzene rings is 2. The van der Waals surface area contributed by atoms with Crippen molar-refractivity contribution >= 4 is 34.5 Å². The molecule has 118 valence electrons. The monoisotopic (exact) mass is 331 g/mol. The Hall–Kier alpha value is -2.40. The van der Waals surface area contributed by atoms with Crippen LogP contribution in [0.5, 0.6) is 0 Å². The summed E-state index contributed by atoms with van der Waals surface area (Å²) in [5.74, 6) is -0.439. The van der Waals surface area contributed by atoms with Crippen LogP contribution in [0, 0.1) is 5.82 Å². The van der Waals surface area contributed by atoms with E-state index in [-0.39, 0.29) is 10.6 Å². The first-order valence-corrected chi connectivity index (χ1v) is 7.69. The van der Waals surface area contributed by atoms with Gasteiger partial charge in [-0.25, -0.2) is 9.37 Å². The molecule has 2 aromatic carbocycles. The molecule has 0 fully saturated rings. The van der Waals surface area contributed by atoms with Gasteiger partial charge in [0.1, 0.15) is 5.82 Å². The van der Waals surface area contributed by atoms with Crippen LogP contribution in [0.25, 0.3) is 11.0 Å². The summed E-state index contributed by atoms with van der Waals surface area (Å²) in [6, 6.07) is 11.4. The molecule has 0 unspecified atom stereocenters. The molecule has 0 aliphatic rings. The van der Waals surface area contributed by atoms with Crippen LogP contribution in [0.15, 0.2) is 42.5 Å². The smallest absolute Gasteiger partial charge is 0.259 e. The number of fused-ring (bicyclic) bond motifs is 1. The van der Waals surface area contributed by atoms with Gasteiger partial charge in [0.15, 0.2) is 0 Å². The van der Waals surface area contributed by atoms with Gasteiger partial charge in [-0.05, 0) is 36.8 Å². The third-order valence-corrected chi connectivity index (χ3v) is 3.82. The highest BCUT2D eigenvalue weighted by molar-refractivity contribution is 6.34. The Morgan fingerprint density at radius 3 is 2.83 bits per heavy atom. The van der Waals surface area contributed by atoms with Gasteiger partial charge in [0.05, 0.1) is 21.6 Å². The maximum absolute atomic E-state index is 13.1. The van der Waals surface area contributed by atoms with Gasteiger partial charge in [0.2, 0.25) is 5.95 Å². The summed E-state index contributed by atoms with van der Waals surface area (Å²) in [4.78, 5) is 16.9. The molecule has 0 aliphatic carbocycles. The third-order valence-electron chi connectivity index (χ3n) is 3.50. The van der Waals surface area contributed by atoms with E-state index in [1.165, 1.54) is 12.1 Å². The number of para-hydroxylation sites is 2. The second-order valence-electron chi connectivity index (χ2n) is 5.15. The molecular formula is C17H15ClFN3O. The number of carbonyl (C=O) groups excluding carboxylic acids is 1. The zero-order valence-electron chi connectivity index (χ0n) is 12.5. The minimum Gasteiger partial charge on any atom is -0.310 e. The number of nitrogens with zero attached hydrogens (tertiary/aromatic N) is 2. The molecule has 1 heterocycles. The maximum Gasteiger partial charge on any atom is 0.259 e. The molecule has 0 radical (unpaired) electrons. The molecular weight excluding hydrogens is 317 g/mol. The molecule has 0 aliphatic heterocycles. The number of aryl methyl sites for hydroxylation is 1. The van der Waals surface area contributed by atoms with Crippen molar-refractivity contribution in [2.45, 2.75) is 19.9 Å². The molecule has 1 aromatic heterocycles. The lowest BCUT2D eigenvalue weighted by atomic mass is 10.2. The molecule has 1 N–H and O–H groups in total. The normalized spacial score (nSPS) is 10.9. The number of amides is 1. The fraction of sp³-hybridized carbons (Fsp3) is 0.176. The van der Waals surface area contributed by atoms with Crippen molar-refractivity contribution in [1.29, 1.82) is 0 Å². The van der Waals surface area contributed by atoms with Gasteiger partial charge in [-0.3, -0.25) is 10.1 Å². The van der Waals surface area contributed by atoms with Crippen molar-refractivity contribution < 1.29 is 9.18 Å². The van der Waals surface area contributed by atoms with Crippen LogP contribution in [0.3, 0.4) is 0 Å². The predicted octanol–water partition coefficient (Wildman–Crippen LogP) is 4.49. The highest BCUT2D eigenvalue weighted by atomic mass is 35.5. The fourth-order valence-corrected chi connectivity index (χ4v) is 2.72. The number of hydrogen-bond donors (Lipinski definition) is 1. The standard InChI is InChI=1S/C17H15ClFN3O/c1-2-9-22-15-6-4-3-5-14(15)20-17(22)21-16(23)12-8-7-11(19)10-13(12)18/h3-8,10H,2,9H2,1H3,(H,20,21,23). The number of halogens is 2. The van der Waals surface area contributed by atoms with Crippen LogP contribution >= 0.6 is 11.6 Å². The van der Waals surface area contributed by atoms with Gasteiger partial charge in [-0.1, -0.05) is 30.7 Å². The van der Waals surface area contributed by atoms with Crippen molar-refractivity contribution in [2.24, 2.45) is 0 Å². The first-order valence-electron chi connectivity index (χ1n) is 7.32. The lowest BCUT2D eigenvalue weighted by molar-refractivity contribution is 0.102. The topological polar surface area (TPSA) is 46.9 Å². The van der Waals surface area contributed by atoms with E-state index in [0.29, 0.717) is 5.95 Å². The average Bonchev–Trinajstić information content (AvgIpc) is 2.85. The van der Waals surface area contributed by atoms with Crippen LogP contribution in [0.1, 0.15) is 23.7 Å². The Balaban J connectivity index is 1.97. The number of nitrogens with one attached hydrogen (secondary N) is 1. The van der Waals surface area contributed by atoms with Crippen molar-refractivity contribution in [1.82, 2.24) is 9.55 Å². The number of rotatable bonds is 4. The van der Waals surface area contributed by atoms with Gasteiger partial charge in [-0.2, -0.15) is 0 Å². The molecule has 0 saturated carbocycles. The first-order chi connectivity index (χ1) is 11.1. The lowest BCUT2D eigenvalue weighted by Crippen LogP contribution is -2.16. The summed E-state index contributed by atoms with van der Waals surface area (Å²) in [6.07, 6.45) is 0.903. The molecule has 3 aromatic rings. The maximum atomic E-state index is 13.1. The second kappa shape index (κ2) is 6.38. The Labute approximate surface area is 137 Å². The molecule has 0 atom stereocenters. The molecule has 1 amide bonds. The number of hydrogen-bond acceptors (Lipinski definition) is 2. The van der Waals surface area contributed by atoms with E-state index in [1.807, 2.05) is 28.8 Å². The quantitative estimate of drug-likeness (QED) is 0.765. The van der Waals surface area contributed by atoms with Crippen molar-refractivity contribution in [2.75, 3.05) is 5.32 Å². The highest BCUT2D eigenvalue weighted by Gasteiger charge is 2.16. The van der Waals surface area contributed by atoms with Crippen LogP contribution in [-0.4, -0.2) is 15.5 Å². The van der Waals surface area contributed by atoms with Crippen LogP contribution in [0.4, 0.5) is 10.3 Å². The fourth-order valence-electron chi connectivity index (χ4n) is 2.46. The molecule has 6 heteroatoms. The van der Waals surface area contributed by atoms with E-state index in [0.717, 1.165) is 30.1 Å². The Morgan fingerprint density at radius 2 is 2.09 bits per heavy atom. The first kappa shape index (κ1) is 15.5. The summed E-state index contributed by atoms with van der Waals surface area (Å²) in [5.41, 5.74) is 1.97. The van der Waals surface area contributed by atoms with E-state index in [2.05, 4.69) is 17.2 Å². The minimum absolute atomic E-state index is 0.0700. The van der Waals surface area contributed by atoms with Gasteiger partial charge in [0, 0.05) is 6.54 Å². The van der Waals surface area contributed by atoms with Gasteiger partial charge in [0.25, 0.3) is 5.91 Å².